The molecule has 0 spiro atoms. The summed E-state index contributed by atoms with van der Waals surface area (Å²) in [6.07, 6.45) is 0.506. The number of rotatable bonds is 4. The Hall–Kier alpha value is -3.10. The van der Waals surface area contributed by atoms with E-state index >= 15 is 0 Å². The minimum absolute atomic E-state index is 0.0398. The van der Waals surface area contributed by atoms with E-state index in [0.717, 1.165) is 0 Å². The van der Waals surface area contributed by atoms with Crippen molar-refractivity contribution in [2.75, 3.05) is 29.5 Å². The Morgan fingerprint density at radius 2 is 2.04 bits per heavy atom. The number of nitrogen functional groups attached to an aromatic ring is 1. The first-order chi connectivity index (χ1) is 11.0. The fourth-order valence-corrected chi connectivity index (χ4v) is 2.15. The third kappa shape index (κ3) is 3.39. The van der Waals surface area contributed by atoms with Crippen LogP contribution >= 0.6 is 0 Å². The van der Waals surface area contributed by atoms with Crippen molar-refractivity contribution >= 4 is 29.2 Å². The van der Waals surface area contributed by atoms with Gasteiger partial charge in [0.05, 0.1) is 17.9 Å². The van der Waals surface area contributed by atoms with Crippen molar-refractivity contribution < 1.29 is 14.3 Å². The third-order valence-corrected chi connectivity index (χ3v) is 3.41. The lowest BCUT2D eigenvalue weighted by molar-refractivity contribution is 0.111. The predicted molar refractivity (Wildman–Crippen MR) is 83.1 cm³/mol. The van der Waals surface area contributed by atoms with Crippen LogP contribution in [0.2, 0.25) is 0 Å². The van der Waals surface area contributed by atoms with E-state index in [-0.39, 0.29) is 11.9 Å². The Morgan fingerprint density at radius 3 is 2.70 bits per heavy atom. The second-order valence-corrected chi connectivity index (χ2v) is 5.16. The highest BCUT2D eigenvalue weighted by Crippen LogP contribution is 2.22. The Bertz CT molecular complexity index is 718. The smallest absolute Gasteiger partial charge is 0.407 e. The quantitative estimate of drug-likeness (QED) is 0.678. The van der Waals surface area contributed by atoms with Crippen molar-refractivity contribution in [1.82, 2.24) is 14.9 Å². The van der Waals surface area contributed by atoms with Gasteiger partial charge in [-0.2, -0.15) is 4.98 Å². The SMILES string of the molecule is Nc1cnc(Nc2ccc(F)cc2)nc1NC1CN(C(=O)O)C1. The van der Waals surface area contributed by atoms with Crippen LogP contribution in [-0.2, 0) is 0 Å². The summed E-state index contributed by atoms with van der Waals surface area (Å²) in [5, 5.41) is 14.8. The van der Waals surface area contributed by atoms with Crippen LogP contribution in [0.15, 0.2) is 30.5 Å². The Kier molecular flexibility index (Phi) is 3.83. The summed E-state index contributed by atoms with van der Waals surface area (Å²) in [6.45, 7) is 0.749. The van der Waals surface area contributed by atoms with E-state index in [0.29, 0.717) is 36.2 Å². The Morgan fingerprint density at radius 1 is 1.35 bits per heavy atom. The van der Waals surface area contributed by atoms with Gasteiger partial charge in [0.15, 0.2) is 5.82 Å². The fraction of sp³-hybridized carbons (Fsp3) is 0.214. The maximum absolute atomic E-state index is 12.9. The van der Waals surface area contributed by atoms with E-state index in [1.165, 1.54) is 23.2 Å². The topological polar surface area (TPSA) is 116 Å². The van der Waals surface area contributed by atoms with Crippen molar-refractivity contribution in [2.45, 2.75) is 6.04 Å². The maximum Gasteiger partial charge on any atom is 0.407 e. The van der Waals surface area contributed by atoms with Crippen LogP contribution in [0.25, 0.3) is 0 Å². The lowest BCUT2D eigenvalue weighted by Crippen LogP contribution is -2.56. The van der Waals surface area contributed by atoms with Gasteiger partial charge >= 0.3 is 6.09 Å². The summed E-state index contributed by atoms with van der Waals surface area (Å²) in [7, 11) is 0. The van der Waals surface area contributed by atoms with Crippen LogP contribution < -0.4 is 16.4 Å². The van der Waals surface area contributed by atoms with Gasteiger partial charge < -0.3 is 26.4 Å². The summed E-state index contributed by atoms with van der Waals surface area (Å²) in [5.74, 6) is 0.409. The largest absolute Gasteiger partial charge is 0.465 e. The lowest BCUT2D eigenvalue weighted by atomic mass is 10.1. The summed E-state index contributed by atoms with van der Waals surface area (Å²) in [6, 6.07) is 5.75. The van der Waals surface area contributed by atoms with Gasteiger partial charge in [-0.15, -0.1) is 0 Å². The number of nitrogens with zero attached hydrogens (tertiary/aromatic N) is 3. The van der Waals surface area contributed by atoms with Gasteiger partial charge in [0.2, 0.25) is 5.95 Å². The summed E-state index contributed by atoms with van der Waals surface area (Å²) < 4.78 is 12.9. The molecule has 1 aliphatic rings. The van der Waals surface area contributed by atoms with Crippen LogP contribution in [0.4, 0.5) is 32.3 Å². The monoisotopic (exact) mass is 318 g/mol. The van der Waals surface area contributed by atoms with Crippen LogP contribution in [0, 0.1) is 5.82 Å². The molecule has 0 unspecified atom stereocenters. The van der Waals surface area contributed by atoms with Crippen molar-refractivity contribution in [3.05, 3.63) is 36.3 Å². The van der Waals surface area contributed by atoms with Gasteiger partial charge in [-0.25, -0.2) is 14.2 Å². The van der Waals surface area contributed by atoms with Crippen molar-refractivity contribution in [1.29, 1.82) is 0 Å². The molecule has 0 radical (unpaired) electrons. The minimum atomic E-state index is -0.947. The van der Waals surface area contributed by atoms with Gasteiger partial charge in [0.1, 0.15) is 5.82 Å². The number of nitrogens with one attached hydrogen (secondary N) is 2. The van der Waals surface area contributed by atoms with E-state index in [1.54, 1.807) is 12.1 Å². The molecule has 2 heterocycles. The zero-order valence-electron chi connectivity index (χ0n) is 12.0. The number of nitrogens with two attached hydrogens (primary N) is 1. The molecule has 1 saturated heterocycles. The molecular weight excluding hydrogens is 303 g/mol. The summed E-state index contributed by atoms with van der Waals surface area (Å²) in [5.41, 5.74) is 6.84. The third-order valence-electron chi connectivity index (χ3n) is 3.41. The number of carboxylic acid groups (broad SMARTS) is 1. The molecule has 0 aliphatic carbocycles. The number of halogens is 1. The van der Waals surface area contributed by atoms with Gasteiger partial charge in [0.25, 0.3) is 0 Å². The highest BCUT2D eigenvalue weighted by atomic mass is 19.1. The number of amides is 1. The fourth-order valence-electron chi connectivity index (χ4n) is 2.15. The molecule has 9 heteroatoms. The van der Waals surface area contributed by atoms with Crippen LogP contribution in [0.5, 0.6) is 0 Å². The lowest BCUT2D eigenvalue weighted by Gasteiger charge is -2.37. The summed E-state index contributed by atoms with van der Waals surface area (Å²) in [4.78, 5) is 20.4. The zero-order valence-corrected chi connectivity index (χ0v) is 12.0. The molecule has 2 aromatic rings. The van der Waals surface area contributed by atoms with Crippen LogP contribution in [0.3, 0.4) is 0 Å². The van der Waals surface area contributed by atoms with E-state index in [1.807, 2.05) is 0 Å². The predicted octanol–water partition coefficient (Wildman–Crippen LogP) is 1.72. The molecule has 8 nitrogen and oxygen atoms in total. The van der Waals surface area contributed by atoms with E-state index < -0.39 is 6.09 Å². The van der Waals surface area contributed by atoms with E-state index in [4.69, 9.17) is 10.8 Å². The van der Waals surface area contributed by atoms with Crippen molar-refractivity contribution in [3.8, 4) is 0 Å². The van der Waals surface area contributed by atoms with Gasteiger partial charge in [-0.1, -0.05) is 0 Å². The highest BCUT2D eigenvalue weighted by molar-refractivity contribution is 5.68. The second-order valence-electron chi connectivity index (χ2n) is 5.16. The number of aromatic nitrogens is 2. The average molecular weight is 318 g/mol. The molecule has 23 heavy (non-hydrogen) atoms. The molecule has 120 valence electrons. The second kappa shape index (κ2) is 5.95. The number of carbonyl (C=O) groups is 1. The number of likely N-dealkylation sites (tertiary alicyclic amines) is 1. The molecule has 1 fully saturated rings. The highest BCUT2D eigenvalue weighted by Gasteiger charge is 2.30. The normalized spacial score (nSPS) is 14.2. The molecule has 5 N–H and O–H groups in total. The number of anilines is 4. The zero-order chi connectivity index (χ0) is 16.4. The summed E-state index contributed by atoms with van der Waals surface area (Å²) >= 11 is 0. The number of hydrogen-bond donors (Lipinski definition) is 4. The first-order valence-corrected chi connectivity index (χ1v) is 6.91. The van der Waals surface area contributed by atoms with Gasteiger partial charge in [-0.05, 0) is 24.3 Å². The number of benzene rings is 1. The maximum atomic E-state index is 12.9. The number of hydrogen-bond acceptors (Lipinski definition) is 6. The first-order valence-electron chi connectivity index (χ1n) is 6.91. The molecule has 0 saturated carbocycles. The molecule has 1 aromatic heterocycles. The first kappa shape index (κ1) is 14.8. The van der Waals surface area contributed by atoms with Gasteiger partial charge in [-0.3, -0.25) is 0 Å². The van der Waals surface area contributed by atoms with Crippen LogP contribution in [0.1, 0.15) is 0 Å². The molecule has 0 atom stereocenters. The van der Waals surface area contributed by atoms with Crippen molar-refractivity contribution in [3.63, 3.8) is 0 Å². The molecule has 1 aliphatic heterocycles. The Labute approximate surface area is 131 Å². The molecule has 1 amide bonds. The van der Waals surface area contributed by atoms with Gasteiger partial charge in [0, 0.05) is 18.8 Å². The van der Waals surface area contributed by atoms with E-state index in [2.05, 4.69) is 20.6 Å². The van der Waals surface area contributed by atoms with Crippen molar-refractivity contribution in [2.24, 2.45) is 0 Å². The Balaban J connectivity index is 1.67. The van der Waals surface area contributed by atoms with E-state index in [9.17, 15) is 9.18 Å². The van der Waals surface area contributed by atoms with Crippen LogP contribution in [-0.4, -0.2) is 45.2 Å². The molecule has 3 rings (SSSR count). The average Bonchev–Trinajstić information content (AvgIpc) is 2.47. The molecule has 0 bridgehead atoms. The molecular formula is C14H15FN6O2. The minimum Gasteiger partial charge on any atom is -0.465 e. The molecule has 1 aromatic carbocycles. The standard InChI is InChI=1S/C14H15FN6O2/c15-8-1-3-9(4-2-8)19-13-17-5-11(16)12(20-13)18-10-6-21(7-10)14(22)23/h1-5,10H,6-7,16H2,(H,22,23)(H2,17,18,19,20).